The molecular formula is C31H31N3O2. The highest BCUT2D eigenvalue weighted by Gasteiger charge is 2.26. The number of nitrogens with one attached hydrogen (secondary N) is 2. The number of anilines is 1. The number of rotatable bonds is 7. The normalized spacial score (nSPS) is 14.4. The molecule has 0 aliphatic carbocycles. The van der Waals surface area contributed by atoms with E-state index in [1.165, 1.54) is 16.3 Å². The Morgan fingerprint density at radius 1 is 0.778 bits per heavy atom. The molecule has 0 radical (unpaired) electrons. The van der Waals surface area contributed by atoms with Gasteiger partial charge in [0.05, 0.1) is 11.3 Å². The first-order chi connectivity index (χ1) is 17.7. The summed E-state index contributed by atoms with van der Waals surface area (Å²) in [6.07, 6.45) is 1.61. The van der Waals surface area contributed by atoms with E-state index in [4.69, 9.17) is 0 Å². The highest BCUT2D eigenvalue weighted by Crippen LogP contribution is 2.25. The molecule has 0 spiro atoms. The Bertz CT molecular complexity index is 1340. The molecule has 1 saturated heterocycles. The van der Waals surface area contributed by atoms with Gasteiger partial charge in [-0.15, -0.1) is 0 Å². The molecule has 0 saturated carbocycles. The Labute approximate surface area is 212 Å². The van der Waals surface area contributed by atoms with Crippen molar-refractivity contribution in [1.82, 2.24) is 10.2 Å². The molecule has 5 nitrogen and oxygen atoms in total. The van der Waals surface area contributed by atoms with E-state index in [0.717, 1.165) is 38.0 Å². The molecule has 0 unspecified atom stereocenters. The van der Waals surface area contributed by atoms with E-state index in [1.54, 1.807) is 12.1 Å². The minimum Gasteiger partial charge on any atom is -0.348 e. The van der Waals surface area contributed by atoms with E-state index in [1.807, 2.05) is 42.5 Å². The van der Waals surface area contributed by atoms with E-state index in [2.05, 4.69) is 58.0 Å². The maximum Gasteiger partial charge on any atom is 0.253 e. The largest absolute Gasteiger partial charge is 0.348 e. The highest BCUT2D eigenvalue weighted by molar-refractivity contribution is 6.04. The van der Waals surface area contributed by atoms with Gasteiger partial charge in [-0.25, -0.2) is 0 Å². The summed E-state index contributed by atoms with van der Waals surface area (Å²) < 4.78 is 0. The van der Waals surface area contributed by atoms with Crippen LogP contribution in [0.2, 0.25) is 0 Å². The predicted molar refractivity (Wildman–Crippen MR) is 145 cm³/mol. The fraction of sp³-hybridized carbons (Fsp3) is 0.226. The molecule has 1 heterocycles. The molecule has 4 aromatic rings. The average Bonchev–Trinajstić information content (AvgIpc) is 2.93. The fourth-order valence-electron chi connectivity index (χ4n) is 4.92. The Morgan fingerprint density at radius 3 is 2.31 bits per heavy atom. The van der Waals surface area contributed by atoms with Gasteiger partial charge in [0, 0.05) is 19.0 Å². The van der Waals surface area contributed by atoms with Crippen LogP contribution in [-0.4, -0.2) is 29.8 Å². The molecular weight excluding hydrogens is 446 g/mol. The number of nitrogens with zero attached hydrogens (tertiary/aromatic N) is 1. The number of para-hydroxylation sites is 1. The van der Waals surface area contributed by atoms with Crippen LogP contribution in [0.3, 0.4) is 0 Å². The van der Waals surface area contributed by atoms with Gasteiger partial charge in [0.2, 0.25) is 5.91 Å². The maximum atomic E-state index is 13.1. The van der Waals surface area contributed by atoms with Crippen molar-refractivity contribution in [2.45, 2.75) is 25.9 Å². The van der Waals surface area contributed by atoms with Crippen LogP contribution in [0.25, 0.3) is 10.8 Å². The first-order valence-corrected chi connectivity index (χ1v) is 12.6. The quantitative estimate of drug-likeness (QED) is 0.363. The van der Waals surface area contributed by atoms with Crippen LogP contribution in [0.4, 0.5) is 5.69 Å². The summed E-state index contributed by atoms with van der Waals surface area (Å²) in [6, 6.07) is 31.9. The third kappa shape index (κ3) is 5.64. The molecule has 0 bridgehead atoms. The molecule has 0 aromatic heterocycles. The number of likely N-dealkylation sites (tertiary alicyclic amines) is 1. The van der Waals surface area contributed by atoms with Crippen LogP contribution in [0, 0.1) is 5.92 Å². The van der Waals surface area contributed by atoms with Crippen LogP contribution >= 0.6 is 0 Å². The van der Waals surface area contributed by atoms with Crippen molar-refractivity contribution in [3.8, 4) is 0 Å². The standard InChI is InChI=1S/C31H31N3O2/c35-30(33-29-16-7-6-15-28(29)31(36)32-21-23-9-2-1-3-10-23)25-17-19-34(20-18-25)22-26-13-8-12-24-11-4-5-14-27(24)26/h1-16,25H,17-22H2,(H,32,36)(H,33,35). The van der Waals surface area contributed by atoms with Crippen molar-refractivity contribution >= 4 is 28.3 Å². The molecule has 182 valence electrons. The minimum atomic E-state index is -0.195. The second kappa shape index (κ2) is 11.2. The van der Waals surface area contributed by atoms with Gasteiger partial charge in [-0.1, -0.05) is 84.9 Å². The number of carbonyl (C=O) groups excluding carboxylic acids is 2. The summed E-state index contributed by atoms with van der Waals surface area (Å²) in [5, 5.41) is 8.54. The molecule has 2 N–H and O–H groups in total. The highest BCUT2D eigenvalue weighted by atomic mass is 16.2. The molecule has 36 heavy (non-hydrogen) atoms. The SMILES string of the molecule is O=C(NCc1ccccc1)c1ccccc1NC(=O)C1CCN(Cc2cccc3ccccc23)CC1. The Balaban J connectivity index is 1.17. The second-order valence-electron chi connectivity index (χ2n) is 9.39. The lowest BCUT2D eigenvalue weighted by atomic mass is 9.94. The van der Waals surface area contributed by atoms with Gasteiger partial charge < -0.3 is 10.6 Å². The lowest BCUT2D eigenvalue weighted by Gasteiger charge is -2.31. The molecule has 2 amide bonds. The molecule has 1 aliphatic heterocycles. The number of piperidine rings is 1. The Hall–Kier alpha value is -3.96. The van der Waals surface area contributed by atoms with Gasteiger partial charge in [-0.2, -0.15) is 0 Å². The Kier molecular flexibility index (Phi) is 7.39. The predicted octanol–water partition coefficient (Wildman–Crippen LogP) is 5.62. The summed E-state index contributed by atoms with van der Waals surface area (Å²) in [7, 11) is 0. The molecule has 4 aromatic carbocycles. The van der Waals surface area contributed by atoms with Crippen LogP contribution in [0.5, 0.6) is 0 Å². The van der Waals surface area contributed by atoms with Crippen LogP contribution in [0.15, 0.2) is 97.1 Å². The second-order valence-corrected chi connectivity index (χ2v) is 9.39. The van der Waals surface area contributed by atoms with Gasteiger partial charge in [0.15, 0.2) is 0 Å². The van der Waals surface area contributed by atoms with Gasteiger partial charge in [0.25, 0.3) is 5.91 Å². The third-order valence-electron chi connectivity index (χ3n) is 6.96. The van der Waals surface area contributed by atoms with Crippen molar-refractivity contribution in [3.05, 3.63) is 114 Å². The minimum absolute atomic E-state index is 0.0110. The van der Waals surface area contributed by atoms with E-state index in [0.29, 0.717) is 17.8 Å². The summed E-state index contributed by atoms with van der Waals surface area (Å²) in [6.45, 7) is 3.08. The van der Waals surface area contributed by atoms with Crippen molar-refractivity contribution in [2.24, 2.45) is 5.92 Å². The van der Waals surface area contributed by atoms with E-state index < -0.39 is 0 Å². The molecule has 5 rings (SSSR count). The third-order valence-corrected chi connectivity index (χ3v) is 6.96. The lowest BCUT2D eigenvalue weighted by molar-refractivity contribution is -0.121. The number of hydrogen-bond donors (Lipinski definition) is 2. The molecule has 5 heteroatoms. The van der Waals surface area contributed by atoms with Gasteiger partial charge in [-0.3, -0.25) is 14.5 Å². The van der Waals surface area contributed by atoms with Crippen LogP contribution < -0.4 is 10.6 Å². The van der Waals surface area contributed by atoms with Crippen molar-refractivity contribution in [2.75, 3.05) is 18.4 Å². The van der Waals surface area contributed by atoms with E-state index >= 15 is 0 Å². The van der Waals surface area contributed by atoms with Crippen molar-refractivity contribution in [1.29, 1.82) is 0 Å². The zero-order valence-electron chi connectivity index (χ0n) is 20.3. The van der Waals surface area contributed by atoms with Crippen molar-refractivity contribution in [3.63, 3.8) is 0 Å². The smallest absolute Gasteiger partial charge is 0.253 e. The monoisotopic (exact) mass is 477 g/mol. The number of hydrogen-bond acceptors (Lipinski definition) is 3. The number of carbonyl (C=O) groups is 2. The van der Waals surface area contributed by atoms with E-state index in [9.17, 15) is 9.59 Å². The maximum absolute atomic E-state index is 13.1. The zero-order chi connectivity index (χ0) is 24.7. The first kappa shape index (κ1) is 23.8. The van der Waals surface area contributed by atoms with Crippen LogP contribution in [0.1, 0.15) is 34.3 Å². The molecule has 1 aliphatic rings. The summed E-state index contributed by atoms with van der Waals surface area (Å²) >= 11 is 0. The average molecular weight is 478 g/mol. The zero-order valence-corrected chi connectivity index (χ0v) is 20.3. The summed E-state index contributed by atoms with van der Waals surface area (Å²) in [5.74, 6) is -0.267. The molecule has 0 atom stereocenters. The van der Waals surface area contributed by atoms with Crippen molar-refractivity contribution < 1.29 is 9.59 Å². The number of benzene rings is 4. The van der Waals surface area contributed by atoms with Gasteiger partial charge in [-0.05, 0) is 60.0 Å². The van der Waals surface area contributed by atoms with E-state index in [-0.39, 0.29) is 17.7 Å². The number of fused-ring (bicyclic) bond motifs is 1. The fourth-order valence-corrected chi connectivity index (χ4v) is 4.92. The Morgan fingerprint density at radius 2 is 1.47 bits per heavy atom. The van der Waals surface area contributed by atoms with Gasteiger partial charge >= 0.3 is 0 Å². The van der Waals surface area contributed by atoms with Gasteiger partial charge in [0.1, 0.15) is 0 Å². The number of amides is 2. The summed E-state index contributed by atoms with van der Waals surface area (Å²) in [5.41, 5.74) is 3.40. The summed E-state index contributed by atoms with van der Waals surface area (Å²) in [4.78, 5) is 28.4. The molecule has 1 fully saturated rings. The van der Waals surface area contributed by atoms with Crippen LogP contribution in [-0.2, 0) is 17.9 Å². The topological polar surface area (TPSA) is 61.4 Å². The first-order valence-electron chi connectivity index (χ1n) is 12.6. The lowest BCUT2D eigenvalue weighted by Crippen LogP contribution is -2.38.